The highest BCUT2D eigenvalue weighted by Gasteiger charge is 1.94. The molecule has 0 aliphatic rings. The Morgan fingerprint density at radius 2 is 2.27 bits per heavy atom. The summed E-state index contributed by atoms with van der Waals surface area (Å²) in [7, 11) is 2.03. The summed E-state index contributed by atoms with van der Waals surface area (Å²) in [6.07, 6.45) is 0.912. The van der Waals surface area contributed by atoms with Crippen molar-refractivity contribution in [2.45, 2.75) is 13.3 Å². The van der Waals surface area contributed by atoms with E-state index in [2.05, 4.69) is 17.1 Å². The van der Waals surface area contributed by atoms with E-state index in [1.807, 2.05) is 7.05 Å². The fraction of sp³-hybridized carbons (Fsp3) is 0.857. The summed E-state index contributed by atoms with van der Waals surface area (Å²) in [6, 6.07) is -0.691. The third-order valence-corrected chi connectivity index (χ3v) is 1.54. The zero-order chi connectivity index (χ0) is 8.69. The minimum absolute atomic E-state index is 0.604. The van der Waals surface area contributed by atoms with Crippen LogP contribution in [0.4, 0.5) is 4.79 Å². The maximum Gasteiger partial charge on any atom is 0.333 e. The first kappa shape index (κ1) is 10.2. The lowest BCUT2D eigenvalue weighted by atomic mass is 10.4. The first-order valence-electron chi connectivity index (χ1n) is 3.84. The van der Waals surface area contributed by atoms with Gasteiger partial charge in [0.15, 0.2) is 0 Å². The summed E-state index contributed by atoms with van der Waals surface area (Å²) >= 11 is 0. The monoisotopic (exact) mass is 158 g/mol. The van der Waals surface area contributed by atoms with Crippen molar-refractivity contribution in [2.75, 3.05) is 26.7 Å². The SMILES string of the molecule is CCN(C)CCCNC([NH])=O. The van der Waals surface area contributed by atoms with Gasteiger partial charge >= 0.3 is 6.03 Å². The molecule has 4 nitrogen and oxygen atoms in total. The first-order valence-corrected chi connectivity index (χ1v) is 3.84. The molecular weight excluding hydrogens is 142 g/mol. The molecular formula is C7H16N3O. The van der Waals surface area contributed by atoms with Crippen molar-refractivity contribution >= 4 is 6.03 Å². The second-order valence-corrected chi connectivity index (χ2v) is 2.51. The number of nitrogens with one attached hydrogen (secondary N) is 2. The second-order valence-electron chi connectivity index (χ2n) is 2.51. The van der Waals surface area contributed by atoms with E-state index in [-0.39, 0.29) is 0 Å². The number of rotatable bonds is 5. The summed E-state index contributed by atoms with van der Waals surface area (Å²) in [6.45, 7) is 4.68. The Balaban J connectivity index is 3.08. The number of amides is 2. The molecule has 65 valence electrons. The third kappa shape index (κ3) is 7.12. The minimum Gasteiger partial charge on any atom is -0.337 e. The zero-order valence-electron chi connectivity index (χ0n) is 7.18. The molecule has 0 unspecified atom stereocenters. The van der Waals surface area contributed by atoms with Crippen LogP contribution < -0.4 is 11.1 Å². The molecule has 0 bridgehead atoms. The molecule has 0 spiro atoms. The van der Waals surface area contributed by atoms with E-state index in [0.29, 0.717) is 6.54 Å². The number of urea groups is 1. The van der Waals surface area contributed by atoms with E-state index >= 15 is 0 Å². The van der Waals surface area contributed by atoms with Crippen LogP contribution in [0.25, 0.3) is 0 Å². The molecule has 1 radical (unpaired) electrons. The topological polar surface area (TPSA) is 56.1 Å². The van der Waals surface area contributed by atoms with Gasteiger partial charge < -0.3 is 10.2 Å². The van der Waals surface area contributed by atoms with Gasteiger partial charge in [-0.1, -0.05) is 6.92 Å². The molecule has 0 rings (SSSR count). The van der Waals surface area contributed by atoms with Gasteiger partial charge in [0.05, 0.1) is 0 Å². The lowest BCUT2D eigenvalue weighted by Crippen LogP contribution is -2.27. The zero-order valence-corrected chi connectivity index (χ0v) is 7.18. The van der Waals surface area contributed by atoms with Gasteiger partial charge in [0.2, 0.25) is 0 Å². The maximum absolute atomic E-state index is 10.1. The fourth-order valence-corrected chi connectivity index (χ4v) is 0.709. The lowest BCUT2D eigenvalue weighted by Gasteiger charge is -2.12. The number of hydrogen-bond acceptors (Lipinski definition) is 2. The average Bonchev–Trinajstić information content (AvgIpc) is 1.97. The highest BCUT2D eigenvalue weighted by atomic mass is 16.2. The predicted octanol–water partition coefficient (Wildman–Crippen LogP) is 0.321. The Hall–Kier alpha value is -0.770. The van der Waals surface area contributed by atoms with Gasteiger partial charge in [-0.2, -0.15) is 0 Å². The van der Waals surface area contributed by atoms with Crippen LogP contribution in [0.2, 0.25) is 0 Å². The molecule has 0 aromatic rings. The number of hydrogen-bond donors (Lipinski definition) is 1. The van der Waals surface area contributed by atoms with Gasteiger partial charge in [-0.3, -0.25) is 0 Å². The average molecular weight is 158 g/mol. The van der Waals surface area contributed by atoms with Crippen molar-refractivity contribution in [1.29, 1.82) is 0 Å². The van der Waals surface area contributed by atoms with Crippen molar-refractivity contribution in [3.8, 4) is 0 Å². The number of nitrogens with zero attached hydrogens (tertiary/aromatic N) is 1. The van der Waals surface area contributed by atoms with Crippen molar-refractivity contribution < 1.29 is 4.79 Å². The Morgan fingerprint density at radius 1 is 1.64 bits per heavy atom. The standard InChI is InChI=1S/C7H16N3O/c1-3-10(2)6-4-5-9-7(8)11/h8H,3-6H2,1-2H3,(H,9,11). The Morgan fingerprint density at radius 3 is 2.73 bits per heavy atom. The highest BCUT2D eigenvalue weighted by Crippen LogP contribution is 1.84. The smallest absolute Gasteiger partial charge is 0.333 e. The number of carbonyl (C=O) groups excluding carboxylic acids is 1. The van der Waals surface area contributed by atoms with Crippen molar-refractivity contribution in [3.05, 3.63) is 0 Å². The van der Waals surface area contributed by atoms with Crippen LogP contribution in [0, 0.1) is 0 Å². The molecule has 0 atom stereocenters. The molecule has 0 saturated carbocycles. The predicted molar refractivity (Wildman–Crippen MR) is 44.3 cm³/mol. The molecule has 11 heavy (non-hydrogen) atoms. The third-order valence-electron chi connectivity index (χ3n) is 1.54. The number of carbonyl (C=O) groups is 1. The molecule has 4 heteroatoms. The van der Waals surface area contributed by atoms with Crippen LogP contribution >= 0.6 is 0 Å². The van der Waals surface area contributed by atoms with Gasteiger partial charge in [-0.05, 0) is 26.6 Å². The van der Waals surface area contributed by atoms with Gasteiger partial charge in [-0.15, -0.1) is 0 Å². The van der Waals surface area contributed by atoms with Gasteiger partial charge in [-0.25, -0.2) is 10.5 Å². The van der Waals surface area contributed by atoms with E-state index in [9.17, 15) is 4.79 Å². The van der Waals surface area contributed by atoms with E-state index in [4.69, 9.17) is 5.73 Å². The molecule has 2 amide bonds. The van der Waals surface area contributed by atoms with Crippen LogP contribution in [0.3, 0.4) is 0 Å². The Kier molecular flexibility index (Phi) is 5.56. The lowest BCUT2D eigenvalue weighted by molar-refractivity contribution is 0.246. The molecule has 2 N–H and O–H groups in total. The normalized spacial score (nSPS) is 10.1. The Bertz CT molecular complexity index is 116. The Labute approximate surface area is 67.7 Å². The summed E-state index contributed by atoms with van der Waals surface area (Å²) in [4.78, 5) is 12.3. The summed E-state index contributed by atoms with van der Waals surface area (Å²) in [5.41, 5.74) is 6.54. The largest absolute Gasteiger partial charge is 0.337 e. The van der Waals surface area contributed by atoms with Crippen molar-refractivity contribution in [3.63, 3.8) is 0 Å². The highest BCUT2D eigenvalue weighted by molar-refractivity contribution is 5.70. The van der Waals surface area contributed by atoms with Gasteiger partial charge in [0, 0.05) is 6.54 Å². The van der Waals surface area contributed by atoms with Gasteiger partial charge in [0.1, 0.15) is 0 Å². The summed E-state index contributed by atoms with van der Waals surface area (Å²) < 4.78 is 0. The second kappa shape index (κ2) is 5.97. The van der Waals surface area contributed by atoms with Gasteiger partial charge in [0.25, 0.3) is 0 Å². The van der Waals surface area contributed by atoms with Crippen LogP contribution in [-0.2, 0) is 0 Å². The quantitative estimate of drug-likeness (QED) is 0.586. The maximum atomic E-state index is 10.1. The van der Waals surface area contributed by atoms with Crippen LogP contribution in [0.5, 0.6) is 0 Å². The van der Waals surface area contributed by atoms with Crippen LogP contribution in [-0.4, -0.2) is 37.6 Å². The first-order chi connectivity index (χ1) is 5.16. The van der Waals surface area contributed by atoms with Crippen LogP contribution in [0.1, 0.15) is 13.3 Å². The van der Waals surface area contributed by atoms with Crippen molar-refractivity contribution in [1.82, 2.24) is 16.0 Å². The van der Waals surface area contributed by atoms with Crippen molar-refractivity contribution in [2.24, 2.45) is 0 Å². The molecule has 0 aliphatic heterocycles. The minimum atomic E-state index is -0.691. The van der Waals surface area contributed by atoms with E-state index in [0.717, 1.165) is 19.5 Å². The molecule has 0 fully saturated rings. The fourth-order valence-electron chi connectivity index (χ4n) is 0.709. The molecule has 0 heterocycles. The molecule has 0 aliphatic carbocycles. The summed E-state index contributed by atoms with van der Waals surface area (Å²) in [5.74, 6) is 0. The van der Waals surface area contributed by atoms with E-state index in [1.165, 1.54) is 0 Å². The summed E-state index contributed by atoms with van der Waals surface area (Å²) in [5, 5.41) is 2.43. The van der Waals surface area contributed by atoms with Crippen LogP contribution in [0.15, 0.2) is 0 Å². The van der Waals surface area contributed by atoms with E-state index < -0.39 is 6.03 Å². The molecule has 0 saturated heterocycles. The molecule has 0 aromatic carbocycles. The van der Waals surface area contributed by atoms with E-state index in [1.54, 1.807) is 0 Å². The molecule has 0 aromatic heterocycles.